The molecule has 0 saturated heterocycles. The number of amides is 1. The van der Waals surface area contributed by atoms with Gasteiger partial charge in [-0.05, 0) is 33.6 Å². The number of aliphatic carboxylic acids is 2. The Balaban J connectivity index is 5.32. The Labute approximate surface area is 138 Å². The SMILES string of the molecule is CC(C)(C)OC(=O)N[C@](CCC(=O)O)(CC[Si](C)(C)C)C(=O)O. The van der Waals surface area contributed by atoms with Gasteiger partial charge in [0.15, 0.2) is 0 Å². The first-order valence-electron chi connectivity index (χ1n) is 7.63. The first-order valence-corrected chi connectivity index (χ1v) is 11.3. The molecular formula is C15H29NO6Si. The summed E-state index contributed by atoms with van der Waals surface area (Å²) >= 11 is 0. The highest BCUT2D eigenvalue weighted by Crippen LogP contribution is 2.26. The van der Waals surface area contributed by atoms with Crippen molar-refractivity contribution >= 4 is 26.1 Å². The van der Waals surface area contributed by atoms with E-state index < -0.39 is 37.2 Å². The van der Waals surface area contributed by atoms with E-state index in [0.717, 1.165) is 0 Å². The van der Waals surface area contributed by atoms with E-state index in [2.05, 4.69) is 25.0 Å². The van der Waals surface area contributed by atoms with Gasteiger partial charge in [-0.25, -0.2) is 9.59 Å². The van der Waals surface area contributed by atoms with Crippen LogP contribution in [-0.4, -0.2) is 47.5 Å². The van der Waals surface area contributed by atoms with Crippen molar-refractivity contribution in [1.82, 2.24) is 5.32 Å². The normalized spacial score (nSPS) is 14.7. The van der Waals surface area contributed by atoms with Gasteiger partial charge in [0.2, 0.25) is 0 Å². The van der Waals surface area contributed by atoms with Crippen molar-refractivity contribution in [1.29, 1.82) is 0 Å². The second-order valence-corrected chi connectivity index (χ2v) is 13.6. The molecule has 0 radical (unpaired) electrons. The first kappa shape index (κ1) is 21.4. The van der Waals surface area contributed by atoms with Crippen LogP contribution in [0.25, 0.3) is 0 Å². The molecule has 23 heavy (non-hydrogen) atoms. The maximum atomic E-state index is 12.0. The molecule has 0 unspecified atom stereocenters. The summed E-state index contributed by atoms with van der Waals surface area (Å²) in [5, 5.41) is 20.9. The fourth-order valence-corrected chi connectivity index (χ4v) is 3.10. The molecule has 0 aliphatic carbocycles. The summed E-state index contributed by atoms with van der Waals surface area (Å²) in [6.07, 6.45) is -1.18. The van der Waals surface area contributed by atoms with E-state index in [1.165, 1.54) is 0 Å². The van der Waals surface area contributed by atoms with Gasteiger partial charge >= 0.3 is 18.0 Å². The number of nitrogens with one attached hydrogen (secondary N) is 1. The van der Waals surface area contributed by atoms with Crippen LogP contribution < -0.4 is 5.32 Å². The lowest BCUT2D eigenvalue weighted by Gasteiger charge is -2.33. The third-order valence-corrected chi connectivity index (χ3v) is 4.97. The molecule has 0 fully saturated rings. The summed E-state index contributed by atoms with van der Waals surface area (Å²) in [6.45, 7) is 11.3. The average molecular weight is 347 g/mol. The van der Waals surface area contributed by atoms with E-state index in [-0.39, 0.29) is 19.3 Å². The third kappa shape index (κ3) is 9.22. The Bertz CT molecular complexity index is 452. The van der Waals surface area contributed by atoms with Gasteiger partial charge in [0.1, 0.15) is 11.1 Å². The number of hydrogen-bond acceptors (Lipinski definition) is 4. The molecule has 0 spiro atoms. The van der Waals surface area contributed by atoms with Crippen LogP contribution in [0.15, 0.2) is 0 Å². The molecule has 134 valence electrons. The van der Waals surface area contributed by atoms with Gasteiger partial charge in [0.25, 0.3) is 0 Å². The molecule has 0 saturated carbocycles. The quantitative estimate of drug-likeness (QED) is 0.582. The topological polar surface area (TPSA) is 113 Å². The van der Waals surface area contributed by atoms with Gasteiger partial charge in [-0.15, -0.1) is 0 Å². The van der Waals surface area contributed by atoms with Crippen molar-refractivity contribution in [2.24, 2.45) is 0 Å². The minimum atomic E-state index is -1.62. The summed E-state index contributed by atoms with van der Waals surface area (Å²) < 4.78 is 5.13. The number of ether oxygens (including phenoxy) is 1. The summed E-state index contributed by atoms with van der Waals surface area (Å²) in [4.78, 5) is 34.7. The van der Waals surface area contributed by atoms with E-state index in [0.29, 0.717) is 6.04 Å². The molecule has 0 bridgehead atoms. The van der Waals surface area contributed by atoms with Crippen LogP contribution in [0.1, 0.15) is 40.0 Å². The lowest BCUT2D eigenvalue weighted by atomic mass is 9.90. The Kier molecular flexibility index (Phi) is 7.27. The third-order valence-electron chi connectivity index (χ3n) is 3.22. The number of hydrogen-bond donors (Lipinski definition) is 3. The van der Waals surface area contributed by atoms with Crippen molar-refractivity contribution in [3.8, 4) is 0 Å². The van der Waals surface area contributed by atoms with Crippen LogP contribution >= 0.6 is 0 Å². The number of carboxylic acid groups (broad SMARTS) is 2. The molecule has 7 nitrogen and oxygen atoms in total. The largest absolute Gasteiger partial charge is 0.481 e. The fourth-order valence-electron chi connectivity index (χ4n) is 1.93. The molecule has 0 aromatic carbocycles. The number of rotatable bonds is 8. The van der Waals surface area contributed by atoms with Gasteiger partial charge in [0.05, 0.1) is 0 Å². The molecule has 0 aliphatic rings. The predicted molar refractivity (Wildman–Crippen MR) is 89.4 cm³/mol. The van der Waals surface area contributed by atoms with Gasteiger partial charge < -0.3 is 20.3 Å². The van der Waals surface area contributed by atoms with Crippen LogP contribution in [0.5, 0.6) is 0 Å². The fraction of sp³-hybridized carbons (Fsp3) is 0.800. The second-order valence-electron chi connectivity index (χ2n) is 7.97. The molecule has 0 aromatic rings. The Hall–Kier alpha value is -1.57. The van der Waals surface area contributed by atoms with Crippen LogP contribution in [0.4, 0.5) is 4.79 Å². The van der Waals surface area contributed by atoms with Gasteiger partial charge in [0, 0.05) is 14.5 Å². The minimum Gasteiger partial charge on any atom is -0.481 e. The van der Waals surface area contributed by atoms with Crippen molar-refractivity contribution in [3.63, 3.8) is 0 Å². The standard InChI is InChI=1S/C15H29NO6Si/c1-14(2,3)22-13(21)16-15(12(19)20,8-7-11(17)18)9-10-23(4,5)6/h7-10H2,1-6H3,(H,16,21)(H,17,18)(H,19,20)/t15-/m1/s1. The van der Waals surface area contributed by atoms with Crippen LogP contribution in [0.3, 0.4) is 0 Å². The number of carboxylic acids is 2. The maximum absolute atomic E-state index is 12.0. The number of carbonyl (C=O) groups excluding carboxylic acids is 1. The van der Waals surface area contributed by atoms with Crippen molar-refractivity contribution in [2.75, 3.05) is 0 Å². The van der Waals surface area contributed by atoms with Gasteiger partial charge in [-0.1, -0.05) is 25.7 Å². The highest BCUT2D eigenvalue weighted by Gasteiger charge is 2.42. The predicted octanol–water partition coefficient (Wildman–Crippen LogP) is 2.93. The molecule has 8 heteroatoms. The zero-order valence-corrected chi connectivity index (χ0v) is 15.9. The van der Waals surface area contributed by atoms with Crippen molar-refractivity contribution < 1.29 is 29.3 Å². The summed E-state index contributed by atoms with van der Waals surface area (Å²) in [5.41, 5.74) is -2.39. The van der Waals surface area contributed by atoms with Crippen molar-refractivity contribution in [3.05, 3.63) is 0 Å². The molecule has 0 aliphatic heterocycles. The Morgan fingerprint density at radius 1 is 1.04 bits per heavy atom. The van der Waals surface area contributed by atoms with E-state index in [1.807, 2.05) is 0 Å². The molecule has 0 heterocycles. The summed E-state index contributed by atoms with van der Waals surface area (Å²) in [5.74, 6) is -2.34. The zero-order valence-electron chi connectivity index (χ0n) is 14.9. The smallest absolute Gasteiger partial charge is 0.408 e. The minimum absolute atomic E-state index is 0.179. The molecule has 3 N–H and O–H groups in total. The molecule has 1 amide bonds. The van der Waals surface area contributed by atoms with Gasteiger partial charge in [-0.2, -0.15) is 0 Å². The lowest BCUT2D eigenvalue weighted by molar-refractivity contribution is -0.146. The second kappa shape index (κ2) is 7.81. The highest BCUT2D eigenvalue weighted by atomic mass is 28.3. The van der Waals surface area contributed by atoms with E-state index in [1.54, 1.807) is 20.8 Å². The molecule has 1 atom stereocenters. The van der Waals surface area contributed by atoms with Crippen molar-refractivity contribution in [2.45, 2.75) is 76.9 Å². The molecule has 0 rings (SSSR count). The Morgan fingerprint density at radius 3 is 1.91 bits per heavy atom. The average Bonchev–Trinajstić information content (AvgIpc) is 2.28. The van der Waals surface area contributed by atoms with E-state index >= 15 is 0 Å². The maximum Gasteiger partial charge on any atom is 0.408 e. The van der Waals surface area contributed by atoms with E-state index in [4.69, 9.17) is 9.84 Å². The van der Waals surface area contributed by atoms with Crippen LogP contribution in [-0.2, 0) is 14.3 Å². The monoisotopic (exact) mass is 347 g/mol. The lowest BCUT2D eigenvalue weighted by Crippen LogP contribution is -2.56. The first-order chi connectivity index (χ1) is 10.2. The summed E-state index contributed by atoms with van der Waals surface area (Å²) in [6, 6.07) is 0.648. The number of carbonyl (C=O) groups is 3. The number of alkyl carbamates (subject to hydrolysis) is 1. The van der Waals surface area contributed by atoms with E-state index in [9.17, 15) is 19.5 Å². The highest BCUT2D eigenvalue weighted by molar-refractivity contribution is 6.76. The molecule has 0 aromatic heterocycles. The van der Waals surface area contributed by atoms with Gasteiger partial charge in [-0.3, -0.25) is 4.79 Å². The van der Waals surface area contributed by atoms with Crippen LogP contribution in [0, 0.1) is 0 Å². The summed E-state index contributed by atoms with van der Waals surface area (Å²) in [7, 11) is -1.57. The zero-order chi connectivity index (χ0) is 18.5. The van der Waals surface area contributed by atoms with Crippen LogP contribution in [0.2, 0.25) is 25.7 Å². The Morgan fingerprint density at radius 2 is 1.57 bits per heavy atom. The molecular weight excluding hydrogens is 318 g/mol.